The fraction of sp³-hybridized carbons (Fsp3) is 0.261. The van der Waals surface area contributed by atoms with E-state index in [9.17, 15) is 9.59 Å². The van der Waals surface area contributed by atoms with Gasteiger partial charge in [0, 0.05) is 16.9 Å². The first-order chi connectivity index (χ1) is 15.0. The van der Waals surface area contributed by atoms with Gasteiger partial charge in [-0.25, -0.2) is 4.98 Å². The Hall–Kier alpha value is -2.90. The van der Waals surface area contributed by atoms with Crippen LogP contribution in [-0.2, 0) is 24.2 Å². The van der Waals surface area contributed by atoms with Gasteiger partial charge in [0.15, 0.2) is 6.61 Å². The largest absolute Gasteiger partial charge is 0.484 e. The normalized spacial score (nSPS) is 10.5. The van der Waals surface area contributed by atoms with E-state index in [2.05, 4.69) is 22.5 Å². The molecule has 0 fully saturated rings. The second-order valence-electron chi connectivity index (χ2n) is 6.83. The number of rotatable bonds is 10. The molecule has 0 radical (unpaired) electrons. The Kier molecular flexibility index (Phi) is 8.44. The quantitative estimate of drug-likeness (QED) is 0.481. The molecule has 0 unspecified atom stereocenters. The summed E-state index contributed by atoms with van der Waals surface area (Å²) in [5.41, 5.74) is 2.61. The van der Waals surface area contributed by atoms with Crippen molar-refractivity contribution in [1.82, 2.24) is 15.6 Å². The number of aryl methyl sites for hydroxylation is 1. The summed E-state index contributed by atoms with van der Waals surface area (Å²) in [6.45, 7) is 2.74. The zero-order valence-corrected chi connectivity index (χ0v) is 18.8. The average Bonchev–Trinajstić information content (AvgIpc) is 3.26. The number of hydrogen-bond acceptors (Lipinski definition) is 5. The van der Waals surface area contributed by atoms with Crippen molar-refractivity contribution in [2.24, 2.45) is 0 Å². The summed E-state index contributed by atoms with van der Waals surface area (Å²) in [5, 5.41) is 8.61. The lowest BCUT2D eigenvalue weighted by molar-refractivity contribution is -0.123. The molecule has 0 aliphatic carbocycles. The maximum Gasteiger partial charge on any atom is 0.270 e. The molecule has 2 aromatic carbocycles. The van der Waals surface area contributed by atoms with Crippen LogP contribution in [0.25, 0.3) is 0 Å². The number of ether oxygens (including phenoxy) is 1. The van der Waals surface area contributed by atoms with Gasteiger partial charge in [0.25, 0.3) is 11.8 Å². The molecule has 3 rings (SSSR count). The summed E-state index contributed by atoms with van der Waals surface area (Å²) >= 11 is 7.29. The highest BCUT2D eigenvalue weighted by Gasteiger charge is 2.11. The van der Waals surface area contributed by atoms with Gasteiger partial charge in [-0.3, -0.25) is 9.59 Å². The molecule has 1 heterocycles. The van der Waals surface area contributed by atoms with Crippen LogP contribution in [0.4, 0.5) is 0 Å². The zero-order valence-electron chi connectivity index (χ0n) is 17.2. The lowest BCUT2D eigenvalue weighted by Crippen LogP contribution is -2.28. The number of nitrogens with one attached hydrogen (secondary N) is 2. The molecule has 8 heteroatoms. The lowest BCUT2D eigenvalue weighted by Gasteiger charge is -2.07. The van der Waals surface area contributed by atoms with Gasteiger partial charge in [-0.1, -0.05) is 42.8 Å². The minimum atomic E-state index is -0.248. The molecular formula is C23H24ClN3O3S. The Bertz CT molecular complexity index is 1020. The van der Waals surface area contributed by atoms with E-state index in [4.69, 9.17) is 16.3 Å². The highest BCUT2D eigenvalue weighted by atomic mass is 35.5. The topological polar surface area (TPSA) is 80.3 Å². The highest BCUT2D eigenvalue weighted by molar-refractivity contribution is 7.09. The average molecular weight is 458 g/mol. The van der Waals surface area contributed by atoms with Crippen LogP contribution in [0.3, 0.4) is 0 Å². The number of nitrogens with zero attached hydrogens (tertiary/aromatic N) is 1. The SMILES string of the molecule is CCc1ccc(OCC(=O)NCc2nc(C(=O)NCCc3cccc(Cl)c3)cs2)cc1. The van der Waals surface area contributed by atoms with Crippen LogP contribution < -0.4 is 15.4 Å². The van der Waals surface area contributed by atoms with Gasteiger partial charge in [0.1, 0.15) is 16.5 Å². The van der Waals surface area contributed by atoms with E-state index in [1.807, 2.05) is 48.5 Å². The monoisotopic (exact) mass is 457 g/mol. The summed E-state index contributed by atoms with van der Waals surface area (Å²) < 4.78 is 5.49. The predicted molar refractivity (Wildman–Crippen MR) is 123 cm³/mol. The van der Waals surface area contributed by atoms with E-state index in [0.29, 0.717) is 34.4 Å². The third-order valence-corrected chi connectivity index (χ3v) is 5.59. The van der Waals surface area contributed by atoms with Crippen molar-refractivity contribution in [3.8, 4) is 5.75 Å². The molecule has 0 aliphatic heterocycles. The summed E-state index contributed by atoms with van der Waals surface area (Å²) in [7, 11) is 0. The van der Waals surface area contributed by atoms with E-state index in [0.717, 1.165) is 12.0 Å². The van der Waals surface area contributed by atoms with Crippen molar-refractivity contribution in [2.45, 2.75) is 26.3 Å². The van der Waals surface area contributed by atoms with Gasteiger partial charge in [-0.15, -0.1) is 11.3 Å². The van der Waals surface area contributed by atoms with E-state index >= 15 is 0 Å². The molecule has 2 amide bonds. The number of halogens is 1. The first-order valence-corrected chi connectivity index (χ1v) is 11.2. The molecule has 0 spiro atoms. The highest BCUT2D eigenvalue weighted by Crippen LogP contribution is 2.13. The summed E-state index contributed by atoms with van der Waals surface area (Å²) in [5.74, 6) is 0.162. The molecule has 1 aromatic heterocycles. The number of carbonyl (C=O) groups excluding carboxylic acids is 2. The zero-order chi connectivity index (χ0) is 22.1. The van der Waals surface area contributed by atoms with Crippen molar-refractivity contribution in [3.63, 3.8) is 0 Å². The Morgan fingerprint density at radius 3 is 2.65 bits per heavy atom. The molecule has 0 bridgehead atoms. The van der Waals surface area contributed by atoms with Crippen LogP contribution in [0.15, 0.2) is 53.9 Å². The van der Waals surface area contributed by atoms with Gasteiger partial charge in [0.05, 0.1) is 6.54 Å². The van der Waals surface area contributed by atoms with E-state index < -0.39 is 0 Å². The van der Waals surface area contributed by atoms with Gasteiger partial charge < -0.3 is 15.4 Å². The number of amides is 2. The summed E-state index contributed by atoms with van der Waals surface area (Å²) in [6.07, 6.45) is 1.64. The summed E-state index contributed by atoms with van der Waals surface area (Å²) in [6, 6.07) is 15.2. The standard InChI is InChI=1S/C23H24ClN3O3S/c1-2-16-6-8-19(9-7-16)30-14-21(28)26-13-22-27-20(15-31-22)23(29)25-11-10-17-4-3-5-18(24)12-17/h3-9,12,15H,2,10-11,13-14H2,1H3,(H,25,29)(H,26,28). The molecule has 0 atom stereocenters. The Balaban J connectivity index is 1.38. The first-order valence-electron chi connectivity index (χ1n) is 9.99. The van der Waals surface area contributed by atoms with E-state index in [1.165, 1.54) is 16.9 Å². The molecule has 6 nitrogen and oxygen atoms in total. The number of benzene rings is 2. The molecule has 31 heavy (non-hydrogen) atoms. The second kappa shape index (κ2) is 11.5. The minimum Gasteiger partial charge on any atom is -0.484 e. The van der Waals surface area contributed by atoms with Crippen LogP contribution in [0.1, 0.15) is 33.5 Å². The molecular weight excluding hydrogens is 434 g/mol. The first kappa shape index (κ1) is 22.8. The summed E-state index contributed by atoms with van der Waals surface area (Å²) in [4.78, 5) is 28.6. The Labute approximate surface area is 190 Å². The van der Waals surface area contributed by atoms with E-state index in [-0.39, 0.29) is 25.0 Å². The Morgan fingerprint density at radius 2 is 1.90 bits per heavy atom. The van der Waals surface area contributed by atoms with Gasteiger partial charge in [-0.2, -0.15) is 0 Å². The fourth-order valence-corrected chi connectivity index (χ4v) is 3.72. The van der Waals surface area contributed by atoms with Crippen molar-refractivity contribution in [2.75, 3.05) is 13.2 Å². The number of aromatic nitrogens is 1. The molecule has 0 saturated heterocycles. The molecule has 0 saturated carbocycles. The predicted octanol–water partition coefficient (Wildman–Crippen LogP) is 4.03. The third kappa shape index (κ3) is 7.38. The third-order valence-electron chi connectivity index (χ3n) is 4.51. The van der Waals surface area contributed by atoms with Crippen molar-refractivity contribution < 1.29 is 14.3 Å². The van der Waals surface area contributed by atoms with Gasteiger partial charge in [-0.05, 0) is 48.2 Å². The minimum absolute atomic E-state index is 0.0757. The molecule has 3 aromatic rings. The van der Waals surface area contributed by atoms with Gasteiger partial charge >= 0.3 is 0 Å². The second-order valence-corrected chi connectivity index (χ2v) is 8.20. The number of carbonyl (C=O) groups is 2. The van der Waals surface area contributed by atoms with Crippen LogP contribution in [-0.4, -0.2) is 29.9 Å². The van der Waals surface area contributed by atoms with Gasteiger partial charge in [0.2, 0.25) is 0 Å². The van der Waals surface area contributed by atoms with Crippen LogP contribution in [0.5, 0.6) is 5.75 Å². The maximum atomic E-state index is 12.3. The van der Waals surface area contributed by atoms with Crippen molar-refractivity contribution in [1.29, 1.82) is 0 Å². The fourth-order valence-electron chi connectivity index (χ4n) is 2.80. The van der Waals surface area contributed by atoms with E-state index in [1.54, 1.807) is 5.38 Å². The maximum absolute atomic E-state index is 12.3. The van der Waals surface area contributed by atoms with Crippen molar-refractivity contribution in [3.05, 3.63) is 80.8 Å². The van der Waals surface area contributed by atoms with Crippen LogP contribution in [0, 0.1) is 0 Å². The molecule has 2 N–H and O–H groups in total. The number of hydrogen-bond donors (Lipinski definition) is 2. The lowest BCUT2D eigenvalue weighted by atomic mass is 10.1. The molecule has 0 aliphatic rings. The molecule has 162 valence electrons. The van der Waals surface area contributed by atoms with Crippen LogP contribution in [0.2, 0.25) is 5.02 Å². The number of thiazole rings is 1. The van der Waals surface area contributed by atoms with Crippen molar-refractivity contribution >= 4 is 34.8 Å². The smallest absolute Gasteiger partial charge is 0.270 e. The Morgan fingerprint density at radius 1 is 1.10 bits per heavy atom. The van der Waals surface area contributed by atoms with Crippen LogP contribution >= 0.6 is 22.9 Å².